The van der Waals surface area contributed by atoms with Crippen LogP contribution in [0.5, 0.6) is 0 Å². The van der Waals surface area contributed by atoms with E-state index in [1.165, 1.54) is 13.1 Å². The molecule has 7 heteroatoms. The summed E-state index contributed by atoms with van der Waals surface area (Å²) >= 11 is 1.09. The third kappa shape index (κ3) is 5.32. The summed E-state index contributed by atoms with van der Waals surface area (Å²) in [5.41, 5.74) is 0. The van der Waals surface area contributed by atoms with Crippen LogP contribution in [0.15, 0.2) is 12.1 Å². The molecule has 0 fully saturated rings. The molecule has 1 heterocycles. The zero-order valence-corrected chi connectivity index (χ0v) is 10.9. The molecule has 0 aliphatic heterocycles. The van der Waals surface area contributed by atoms with E-state index >= 15 is 0 Å². The maximum Gasteiger partial charge on any atom is 0.390 e. The van der Waals surface area contributed by atoms with Crippen molar-refractivity contribution >= 4 is 17.2 Å². The fourth-order valence-electron chi connectivity index (χ4n) is 1.23. The molecule has 0 saturated carbocycles. The van der Waals surface area contributed by atoms with Gasteiger partial charge in [-0.3, -0.25) is 4.79 Å². The molecule has 0 unspecified atom stereocenters. The Bertz CT molecular complexity index is 499. The number of aliphatic hydroxyl groups is 1. The minimum absolute atomic E-state index is 0.285. The number of aliphatic hydroxyl groups excluding tert-OH is 1. The van der Waals surface area contributed by atoms with Gasteiger partial charge in [0.2, 0.25) is 0 Å². The summed E-state index contributed by atoms with van der Waals surface area (Å²) in [5, 5.41) is 8.53. The zero-order chi connectivity index (χ0) is 14.5. The van der Waals surface area contributed by atoms with E-state index in [0.29, 0.717) is 9.75 Å². The number of nitrogens with zero attached hydrogens (tertiary/aromatic N) is 1. The molecule has 0 spiro atoms. The number of amides is 1. The number of carbonyl (C=O) groups is 1. The van der Waals surface area contributed by atoms with Gasteiger partial charge < -0.3 is 10.0 Å². The third-order valence-corrected chi connectivity index (χ3v) is 3.17. The number of hydrogen-bond acceptors (Lipinski definition) is 3. The number of thiophene rings is 1. The minimum Gasteiger partial charge on any atom is -0.384 e. The molecule has 0 bridgehead atoms. The summed E-state index contributed by atoms with van der Waals surface area (Å²) in [4.78, 5) is 13.8. The van der Waals surface area contributed by atoms with E-state index in [9.17, 15) is 18.0 Å². The second-order valence-corrected chi connectivity index (χ2v) is 4.80. The van der Waals surface area contributed by atoms with Crippen LogP contribution in [0.4, 0.5) is 13.2 Å². The van der Waals surface area contributed by atoms with E-state index in [2.05, 4.69) is 11.8 Å². The lowest BCUT2D eigenvalue weighted by Crippen LogP contribution is -2.29. The predicted molar refractivity (Wildman–Crippen MR) is 65.9 cm³/mol. The van der Waals surface area contributed by atoms with Crippen molar-refractivity contribution in [1.29, 1.82) is 0 Å². The number of carbonyl (C=O) groups excluding carboxylic acids is 1. The molecule has 1 rings (SSSR count). The molecule has 1 aromatic rings. The van der Waals surface area contributed by atoms with Crippen LogP contribution in [0, 0.1) is 11.8 Å². The van der Waals surface area contributed by atoms with E-state index in [1.54, 1.807) is 6.07 Å². The van der Waals surface area contributed by atoms with Crippen molar-refractivity contribution in [1.82, 2.24) is 4.90 Å². The van der Waals surface area contributed by atoms with Gasteiger partial charge in [-0.1, -0.05) is 11.8 Å². The summed E-state index contributed by atoms with van der Waals surface area (Å²) in [6, 6.07) is 3.11. The Hall–Kier alpha value is -1.52. The molecule has 1 N–H and O–H groups in total. The van der Waals surface area contributed by atoms with Crippen molar-refractivity contribution in [2.24, 2.45) is 0 Å². The number of hydrogen-bond donors (Lipinski definition) is 1. The Balaban J connectivity index is 2.64. The normalized spacial score (nSPS) is 10.8. The van der Waals surface area contributed by atoms with Gasteiger partial charge in [0.15, 0.2) is 0 Å². The van der Waals surface area contributed by atoms with E-state index < -0.39 is 18.5 Å². The Morgan fingerprint density at radius 1 is 1.47 bits per heavy atom. The number of halogens is 3. The molecule has 0 radical (unpaired) electrons. The van der Waals surface area contributed by atoms with Gasteiger partial charge in [-0.2, -0.15) is 13.2 Å². The molecule has 3 nitrogen and oxygen atoms in total. The topological polar surface area (TPSA) is 40.5 Å². The van der Waals surface area contributed by atoms with Crippen LogP contribution in [0.25, 0.3) is 0 Å². The van der Waals surface area contributed by atoms with Crippen LogP contribution in [0.3, 0.4) is 0 Å². The Morgan fingerprint density at radius 3 is 2.74 bits per heavy atom. The molecule has 104 valence electrons. The Morgan fingerprint density at radius 2 is 2.16 bits per heavy atom. The van der Waals surface area contributed by atoms with Gasteiger partial charge in [0, 0.05) is 13.6 Å². The highest BCUT2D eigenvalue weighted by atomic mass is 32.1. The molecule has 1 aromatic heterocycles. The molecular formula is C12H12F3NO2S. The highest BCUT2D eigenvalue weighted by Gasteiger charge is 2.28. The highest BCUT2D eigenvalue weighted by molar-refractivity contribution is 7.14. The maximum absolute atomic E-state index is 12.0. The van der Waals surface area contributed by atoms with Crippen molar-refractivity contribution in [3.63, 3.8) is 0 Å². The SMILES string of the molecule is CN(CCC(F)(F)F)C(=O)c1ccc(C#CCO)s1. The van der Waals surface area contributed by atoms with E-state index in [4.69, 9.17) is 5.11 Å². The average molecular weight is 291 g/mol. The molecule has 0 aliphatic carbocycles. The lowest BCUT2D eigenvalue weighted by molar-refractivity contribution is -0.136. The third-order valence-electron chi connectivity index (χ3n) is 2.18. The first-order valence-electron chi connectivity index (χ1n) is 5.35. The second kappa shape index (κ2) is 6.59. The van der Waals surface area contributed by atoms with Crippen molar-refractivity contribution in [2.75, 3.05) is 20.2 Å². The summed E-state index contributed by atoms with van der Waals surface area (Å²) in [6.07, 6.45) is -5.31. The fourth-order valence-corrected chi connectivity index (χ4v) is 2.11. The second-order valence-electron chi connectivity index (χ2n) is 3.72. The number of alkyl halides is 3. The van der Waals surface area contributed by atoms with Crippen LogP contribution in [-0.2, 0) is 0 Å². The Labute approximate surface area is 112 Å². The van der Waals surface area contributed by atoms with Crippen LogP contribution < -0.4 is 0 Å². The van der Waals surface area contributed by atoms with Crippen molar-refractivity contribution in [2.45, 2.75) is 12.6 Å². The first-order chi connectivity index (χ1) is 8.83. The molecular weight excluding hydrogens is 279 g/mol. The molecule has 0 aliphatic rings. The average Bonchev–Trinajstić information content (AvgIpc) is 2.80. The minimum atomic E-state index is -4.28. The van der Waals surface area contributed by atoms with Gasteiger partial charge in [-0.25, -0.2) is 0 Å². The van der Waals surface area contributed by atoms with Gasteiger partial charge in [0.05, 0.1) is 16.2 Å². The summed E-state index contributed by atoms with van der Waals surface area (Å²) in [5.74, 6) is 4.60. The molecule has 19 heavy (non-hydrogen) atoms. The molecule has 1 amide bonds. The van der Waals surface area contributed by atoms with Gasteiger partial charge in [0.25, 0.3) is 5.91 Å². The van der Waals surface area contributed by atoms with E-state index in [-0.39, 0.29) is 13.2 Å². The van der Waals surface area contributed by atoms with Crippen LogP contribution in [0.1, 0.15) is 21.0 Å². The van der Waals surface area contributed by atoms with Crippen LogP contribution >= 0.6 is 11.3 Å². The molecule has 0 atom stereocenters. The maximum atomic E-state index is 12.0. The van der Waals surface area contributed by atoms with Gasteiger partial charge in [-0.05, 0) is 12.1 Å². The van der Waals surface area contributed by atoms with E-state index in [1.807, 2.05) is 0 Å². The van der Waals surface area contributed by atoms with Gasteiger partial charge in [0.1, 0.15) is 6.61 Å². The zero-order valence-electron chi connectivity index (χ0n) is 10.1. The van der Waals surface area contributed by atoms with Gasteiger partial charge >= 0.3 is 6.18 Å². The quantitative estimate of drug-likeness (QED) is 0.867. The predicted octanol–water partition coefficient (Wildman–Crippen LogP) is 2.12. The summed E-state index contributed by atoms with van der Waals surface area (Å²) in [6.45, 7) is -0.662. The largest absolute Gasteiger partial charge is 0.390 e. The monoisotopic (exact) mass is 291 g/mol. The van der Waals surface area contributed by atoms with Crippen molar-refractivity contribution < 1.29 is 23.1 Å². The van der Waals surface area contributed by atoms with Crippen LogP contribution in [0.2, 0.25) is 0 Å². The molecule has 0 saturated heterocycles. The van der Waals surface area contributed by atoms with Crippen molar-refractivity contribution in [3.05, 3.63) is 21.9 Å². The first-order valence-corrected chi connectivity index (χ1v) is 6.17. The molecule has 0 aromatic carbocycles. The summed E-state index contributed by atoms with van der Waals surface area (Å²) in [7, 11) is 1.33. The highest BCUT2D eigenvalue weighted by Crippen LogP contribution is 2.21. The van der Waals surface area contributed by atoms with Crippen LogP contribution in [-0.4, -0.2) is 42.3 Å². The lowest BCUT2D eigenvalue weighted by atomic mass is 10.3. The summed E-state index contributed by atoms with van der Waals surface area (Å²) < 4.78 is 36.1. The standard InChI is InChI=1S/C12H12F3NO2S/c1-16(7-6-12(13,14)15)11(18)10-5-4-9(19-10)3-2-8-17/h4-5,17H,6-8H2,1H3. The lowest BCUT2D eigenvalue weighted by Gasteiger charge is -2.17. The first kappa shape index (κ1) is 15.5. The number of rotatable bonds is 3. The van der Waals surface area contributed by atoms with E-state index in [0.717, 1.165) is 16.2 Å². The Kier molecular flexibility index (Phi) is 5.39. The fraction of sp³-hybridized carbons (Fsp3) is 0.417. The smallest absolute Gasteiger partial charge is 0.384 e. The van der Waals surface area contributed by atoms with Gasteiger partial charge in [-0.15, -0.1) is 11.3 Å². The van der Waals surface area contributed by atoms with Crippen molar-refractivity contribution in [3.8, 4) is 11.8 Å².